The Kier molecular flexibility index (Phi) is 4.62. The van der Waals surface area contributed by atoms with E-state index in [1.54, 1.807) is 0 Å². The standard InChI is InChI=1S/C22H28N2O2/c1-17-5-3-6-19(13-17)14-24-11-4-9-22(21(24)25)10-12-23(16-22)15-20-8-7-18(2)26-20/h3,5-8,13H,4,9-12,14-16H2,1-2H3/t22-/m0/s1. The van der Waals surface area contributed by atoms with Crippen LogP contribution in [0.15, 0.2) is 40.8 Å². The van der Waals surface area contributed by atoms with Gasteiger partial charge in [-0.3, -0.25) is 9.69 Å². The third-order valence-corrected chi connectivity index (χ3v) is 5.89. The zero-order valence-electron chi connectivity index (χ0n) is 15.8. The van der Waals surface area contributed by atoms with Crippen LogP contribution in [0.5, 0.6) is 0 Å². The average molecular weight is 352 g/mol. The predicted molar refractivity (Wildman–Crippen MR) is 102 cm³/mol. The van der Waals surface area contributed by atoms with Crippen LogP contribution in [-0.4, -0.2) is 35.3 Å². The summed E-state index contributed by atoms with van der Waals surface area (Å²) in [7, 11) is 0. The summed E-state index contributed by atoms with van der Waals surface area (Å²) in [4.78, 5) is 17.8. The maximum absolute atomic E-state index is 13.3. The molecule has 2 saturated heterocycles. The lowest BCUT2D eigenvalue weighted by Gasteiger charge is -2.39. The van der Waals surface area contributed by atoms with Crippen LogP contribution in [0, 0.1) is 19.3 Å². The van der Waals surface area contributed by atoms with Gasteiger partial charge < -0.3 is 9.32 Å². The lowest BCUT2D eigenvalue weighted by molar-refractivity contribution is -0.146. The maximum atomic E-state index is 13.3. The predicted octanol–water partition coefficient (Wildman–Crippen LogP) is 3.91. The molecule has 1 spiro atoms. The summed E-state index contributed by atoms with van der Waals surface area (Å²) in [5.41, 5.74) is 2.29. The van der Waals surface area contributed by atoms with E-state index >= 15 is 0 Å². The Bertz CT molecular complexity index is 797. The van der Waals surface area contributed by atoms with Crippen molar-refractivity contribution >= 4 is 5.91 Å². The molecule has 3 heterocycles. The number of likely N-dealkylation sites (tertiary alicyclic amines) is 2. The van der Waals surface area contributed by atoms with E-state index in [2.05, 4.69) is 41.0 Å². The molecule has 138 valence electrons. The third-order valence-electron chi connectivity index (χ3n) is 5.89. The summed E-state index contributed by atoms with van der Waals surface area (Å²) in [5.74, 6) is 2.30. The molecule has 26 heavy (non-hydrogen) atoms. The first-order valence-electron chi connectivity index (χ1n) is 9.67. The van der Waals surface area contributed by atoms with Gasteiger partial charge in [-0.1, -0.05) is 29.8 Å². The summed E-state index contributed by atoms with van der Waals surface area (Å²) < 4.78 is 5.72. The van der Waals surface area contributed by atoms with Gasteiger partial charge in [0.25, 0.3) is 0 Å². The minimum absolute atomic E-state index is 0.191. The molecule has 4 heteroatoms. The van der Waals surface area contributed by atoms with Crippen molar-refractivity contribution in [2.75, 3.05) is 19.6 Å². The molecule has 1 amide bonds. The fourth-order valence-electron chi connectivity index (χ4n) is 4.60. The maximum Gasteiger partial charge on any atom is 0.230 e. The van der Waals surface area contributed by atoms with E-state index in [1.807, 2.05) is 19.1 Å². The monoisotopic (exact) mass is 352 g/mol. The molecule has 0 bridgehead atoms. The number of piperidine rings is 1. The van der Waals surface area contributed by atoms with Crippen molar-refractivity contribution in [1.29, 1.82) is 0 Å². The van der Waals surface area contributed by atoms with E-state index in [0.29, 0.717) is 5.91 Å². The fourth-order valence-corrected chi connectivity index (χ4v) is 4.60. The van der Waals surface area contributed by atoms with Gasteiger partial charge in [-0.25, -0.2) is 0 Å². The first kappa shape index (κ1) is 17.3. The molecular weight excluding hydrogens is 324 g/mol. The molecule has 2 aliphatic heterocycles. The number of carbonyl (C=O) groups excluding carboxylic acids is 1. The molecule has 2 fully saturated rings. The number of carbonyl (C=O) groups is 1. The number of aryl methyl sites for hydroxylation is 2. The third kappa shape index (κ3) is 3.43. The molecular formula is C22H28N2O2. The van der Waals surface area contributed by atoms with Crippen LogP contribution >= 0.6 is 0 Å². The molecule has 0 saturated carbocycles. The second-order valence-corrected chi connectivity index (χ2v) is 8.07. The molecule has 0 radical (unpaired) electrons. The van der Waals surface area contributed by atoms with E-state index in [-0.39, 0.29) is 5.41 Å². The Hall–Kier alpha value is -2.07. The Labute approximate surface area is 155 Å². The number of furan rings is 1. The van der Waals surface area contributed by atoms with E-state index < -0.39 is 0 Å². The summed E-state index contributed by atoms with van der Waals surface area (Å²) in [5, 5.41) is 0. The highest BCUT2D eigenvalue weighted by Gasteiger charge is 2.48. The lowest BCUT2D eigenvalue weighted by Crippen LogP contribution is -2.49. The van der Waals surface area contributed by atoms with E-state index in [0.717, 1.165) is 63.5 Å². The van der Waals surface area contributed by atoms with Crippen LogP contribution < -0.4 is 0 Å². The Morgan fingerprint density at radius 1 is 1.08 bits per heavy atom. The fraction of sp³-hybridized carbons (Fsp3) is 0.500. The van der Waals surface area contributed by atoms with Gasteiger partial charge in [0.05, 0.1) is 12.0 Å². The van der Waals surface area contributed by atoms with E-state index in [4.69, 9.17) is 4.42 Å². The zero-order valence-corrected chi connectivity index (χ0v) is 15.8. The van der Waals surface area contributed by atoms with Crippen molar-refractivity contribution in [3.05, 3.63) is 59.0 Å². The van der Waals surface area contributed by atoms with Crippen LogP contribution in [0.3, 0.4) is 0 Å². The van der Waals surface area contributed by atoms with Crippen molar-refractivity contribution in [3.63, 3.8) is 0 Å². The minimum atomic E-state index is -0.191. The summed E-state index contributed by atoms with van der Waals surface area (Å²) in [6, 6.07) is 12.6. The summed E-state index contributed by atoms with van der Waals surface area (Å²) in [6.07, 6.45) is 3.09. The van der Waals surface area contributed by atoms with Gasteiger partial charge >= 0.3 is 0 Å². The van der Waals surface area contributed by atoms with Crippen LogP contribution in [0.1, 0.15) is 41.9 Å². The first-order valence-corrected chi connectivity index (χ1v) is 9.67. The zero-order chi connectivity index (χ0) is 18.1. The molecule has 1 atom stereocenters. The van der Waals surface area contributed by atoms with Gasteiger partial charge in [-0.05, 0) is 57.4 Å². The minimum Gasteiger partial charge on any atom is -0.465 e. The quantitative estimate of drug-likeness (QED) is 0.837. The number of hydrogen-bond donors (Lipinski definition) is 0. The molecule has 0 N–H and O–H groups in total. The van der Waals surface area contributed by atoms with Crippen molar-refractivity contribution in [1.82, 2.24) is 9.80 Å². The molecule has 2 aliphatic rings. The molecule has 0 unspecified atom stereocenters. The van der Waals surface area contributed by atoms with Crippen molar-refractivity contribution < 1.29 is 9.21 Å². The summed E-state index contributed by atoms with van der Waals surface area (Å²) >= 11 is 0. The highest BCUT2D eigenvalue weighted by Crippen LogP contribution is 2.41. The second kappa shape index (κ2) is 6.92. The SMILES string of the molecule is Cc1cccc(CN2CCC[C@@]3(CCN(Cc4ccc(C)o4)C3)C2=O)c1. The normalized spacial score (nSPS) is 23.9. The van der Waals surface area contributed by atoms with E-state index in [1.165, 1.54) is 11.1 Å². The average Bonchev–Trinajstić information content (AvgIpc) is 3.20. The van der Waals surface area contributed by atoms with E-state index in [9.17, 15) is 4.79 Å². The highest BCUT2D eigenvalue weighted by atomic mass is 16.3. The van der Waals surface area contributed by atoms with Gasteiger partial charge in [0, 0.05) is 19.6 Å². The van der Waals surface area contributed by atoms with Gasteiger partial charge in [-0.2, -0.15) is 0 Å². The van der Waals surface area contributed by atoms with Crippen molar-refractivity contribution in [2.24, 2.45) is 5.41 Å². The summed E-state index contributed by atoms with van der Waals surface area (Å²) in [6.45, 7) is 8.34. The number of hydrogen-bond acceptors (Lipinski definition) is 3. The van der Waals surface area contributed by atoms with Gasteiger partial charge in [-0.15, -0.1) is 0 Å². The molecule has 4 rings (SSSR count). The Morgan fingerprint density at radius 3 is 2.73 bits per heavy atom. The Balaban J connectivity index is 1.44. The van der Waals surface area contributed by atoms with Crippen LogP contribution in [0.4, 0.5) is 0 Å². The van der Waals surface area contributed by atoms with Gasteiger partial charge in [0.1, 0.15) is 11.5 Å². The lowest BCUT2D eigenvalue weighted by atomic mass is 9.78. The van der Waals surface area contributed by atoms with Crippen molar-refractivity contribution in [2.45, 2.75) is 46.2 Å². The first-order chi connectivity index (χ1) is 12.5. The smallest absolute Gasteiger partial charge is 0.230 e. The number of nitrogens with zero attached hydrogens (tertiary/aromatic N) is 2. The number of rotatable bonds is 4. The molecule has 1 aromatic carbocycles. The van der Waals surface area contributed by atoms with Crippen molar-refractivity contribution in [3.8, 4) is 0 Å². The largest absolute Gasteiger partial charge is 0.465 e. The van der Waals surface area contributed by atoms with Gasteiger partial charge in [0.2, 0.25) is 5.91 Å². The number of amides is 1. The number of benzene rings is 1. The molecule has 1 aromatic heterocycles. The van der Waals surface area contributed by atoms with Crippen LogP contribution in [0.2, 0.25) is 0 Å². The van der Waals surface area contributed by atoms with Gasteiger partial charge in [0.15, 0.2) is 0 Å². The van der Waals surface area contributed by atoms with Crippen LogP contribution in [-0.2, 0) is 17.9 Å². The molecule has 2 aromatic rings. The highest BCUT2D eigenvalue weighted by molar-refractivity contribution is 5.84. The second-order valence-electron chi connectivity index (χ2n) is 8.07. The topological polar surface area (TPSA) is 36.7 Å². The molecule has 4 nitrogen and oxygen atoms in total. The molecule has 0 aliphatic carbocycles. The Morgan fingerprint density at radius 2 is 1.96 bits per heavy atom. The van der Waals surface area contributed by atoms with Crippen LogP contribution in [0.25, 0.3) is 0 Å².